The highest BCUT2D eigenvalue weighted by Gasteiger charge is 2.53. The second-order valence-electron chi connectivity index (χ2n) is 5.90. The van der Waals surface area contributed by atoms with E-state index in [1.165, 1.54) is 12.8 Å². The molecule has 1 aliphatic heterocycles. The van der Waals surface area contributed by atoms with Crippen LogP contribution < -0.4 is 5.73 Å². The van der Waals surface area contributed by atoms with Crippen LogP contribution in [0.3, 0.4) is 0 Å². The van der Waals surface area contributed by atoms with Crippen molar-refractivity contribution in [2.45, 2.75) is 31.3 Å². The highest BCUT2D eigenvalue weighted by atomic mass is 16.3. The summed E-state index contributed by atoms with van der Waals surface area (Å²) in [5.74, 6) is -0.0611. The molecule has 1 saturated carbocycles. The Labute approximate surface area is 113 Å². The molecule has 2 fully saturated rings. The van der Waals surface area contributed by atoms with Crippen LogP contribution in [0.25, 0.3) is 0 Å². The molecule has 4 heteroatoms. The second kappa shape index (κ2) is 4.62. The van der Waals surface area contributed by atoms with Gasteiger partial charge in [-0.3, -0.25) is 4.79 Å². The Morgan fingerprint density at radius 1 is 1.42 bits per heavy atom. The number of hydrogen-bond acceptors (Lipinski definition) is 3. The molecule has 102 valence electrons. The third kappa shape index (κ3) is 2.26. The summed E-state index contributed by atoms with van der Waals surface area (Å²) >= 11 is 0. The van der Waals surface area contributed by atoms with E-state index in [-0.39, 0.29) is 18.6 Å². The van der Waals surface area contributed by atoms with E-state index in [2.05, 4.69) is 0 Å². The van der Waals surface area contributed by atoms with E-state index in [4.69, 9.17) is 5.73 Å². The maximum Gasteiger partial charge on any atom is 0.244 e. The van der Waals surface area contributed by atoms with Gasteiger partial charge in [0.15, 0.2) is 0 Å². The number of hydrogen-bond donors (Lipinski definition) is 2. The fraction of sp³-hybridized carbons (Fsp3) is 0.533. The molecule has 3 N–H and O–H groups in total. The SMILES string of the molecule is NC(C(=O)N1CC2(CC2)CC1CO)c1ccccc1. The molecule has 0 radical (unpaired) electrons. The van der Waals surface area contributed by atoms with Crippen LogP contribution in [0.5, 0.6) is 0 Å². The molecule has 1 aromatic rings. The number of benzene rings is 1. The molecular weight excluding hydrogens is 240 g/mol. The summed E-state index contributed by atoms with van der Waals surface area (Å²) in [4.78, 5) is 14.3. The number of carbonyl (C=O) groups excluding carboxylic acids is 1. The molecule has 1 spiro atoms. The monoisotopic (exact) mass is 260 g/mol. The molecule has 2 aliphatic rings. The molecule has 1 aliphatic carbocycles. The molecule has 1 aromatic carbocycles. The lowest BCUT2D eigenvalue weighted by Gasteiger charge is -2.26. The zero-order chi connectivity index (χ0) is 13.5. The number of aliphatic hydroxyl groups is 1. The van der Waals surface area contributed by atoms with Gasteiger partial charge in [0.05, 0.1) is 12.6 Å². The quantitative estimate of drug-likeness (QED) is 0.854. The summed E-state index contributed by atoms with van der Waals surface area (Å²) in [6, 6.07) is 8.76. The lowest BCUT2D eigenvalue weighted by atomic mass is 10.0. The van der Waals surface area contributed by atoms with Crippen molar-refractivity contribution in [3.63, 3.8) is 0 Å². The van der Waals surface area contributed by atoms with Crippen molar-refractivity contribution in [2.24, 2.45) is 11.1 Å². The van der Waals surface area contributed by atoms with Gasteiger partial charge in [0.2, 0.25) is 5.91 Å². The highest BCUT2D eigenvalue weighted by molar-refractivity contribution is 5.83. The van der Waals surface area contributed by atoms with Gasteiger partial charge in [-0.1, -0.05) is 30.3 Å². The minimum absolute atomic E-state index is 0.0367. The average molecular weight is 260 g/mol. The first-order valence-corrected chi connectivity index (χ1v) is 6.87. The smallest absolute Gasteiger partial charge is 0.244 e. The summed E-state index contributed by atoms with van der Waals surface area (Å²) < 4.78 is 0. The van der Waals surface area contributed by atoms with Crippen LogP contribution in [0.2, 0.25) is 0 Å². The molecule has 1 heterocycles. The molecule has 1 saturated heterocycles. The Morgan fingerprint density at radius 2 is 2.11 bits per heavy atom. The maximum absolute atomic E-state index is 12.5. The van der Waals surface area contributed by atoms with Crippen molar-refractivity contribution in [1.29, 1.82) is 0 Å². The van der Waals surface area contributed by atoms with Gasteiger partial charge in [-0.15, -0.1) is 0 Å². The minimum atomic E-state index is -0.621. The molecule has 2 unspecified atom stereocenters. The molecule has 4 nitrogen and oxygen atoms in total. The number of amides is 1. The van der Waals surface area contributed by atoms with E-state index in [0.29, 0.717) is 5.41 Å². The molecule has 1 amide bonds. The topological polar surface area (TPSA) is 66.6 Å². The molecule has 2 atom stereocenters. The van der Waals surface area contributed by atoms with Crippen LogP contribution in [0.1, 0.15) is 30.9 Å². The highest BCUT2D eigenvalue weighted by Crippen LogP contribution is 2.54. The predicted octanol–water partition coefficient (Wildman–Crippen LogP) is 1.06. The summed E-state index contributed by atoms with van der Waals surface area (Å²) in [6.45, 7) is 0.798. The van der Waals surface area contributed by atoms with Crippen LogP contribution in [-0.2, 0) is 4.79 Å². The zero-order valence-electron chi connectivity index (χ0n) is 11.0. The number of likely N-dealkylation sites (tertiary alicyclic amines) is 1. The molecule has 19 heavy (non-hydrogen) atoms. The summed E-state index contributed by atoms with van der Waals surface area (Å²) in [5.41, 5.74) is 7.20. The fourth-order valence-corrected chi connectivity index (χ4v) is 3.11. The number of aliphatic hydroxyl groups excluding tert-OH is 1. The standard InChI is InChI=1S/C15H20N2O2/c16-13(11-4-2-1-3-5-11)14(19)17-10-15(6-7-15)8-12(17)9-18/h1-5,12-13,18H,6-10,16H2. The summed E-state index contributed by atoms with van der Waals surface area (Å²) in [7, 11) is 0. The average Bonchev–Trinajstić information content (AvgIpc) is 3.10. The fourth-order valence-electron chi connectivity index (χ4n) is 3.11. The van der Waals surface area contributed by atoms with Crippen molar-refractivity contribution in [2.75, 3.05) is 13.2 Å². The van der Waals surface area contributed by atoms with Gasteiger partial charge in [0.1, 0.15) is 6.04 Å². The first-order chi connectivity index (χ1) is 9.15. The van der Waals surface area contributed by atoms with Crippen molar-refractivity contribution < 1.29 is 9.90 Å². The Bertz CT molecular complexity index is 470. The van der Waals surface area contributed by atoms with E-state index in [0.717, 1.165) is 18.5 Å². The molecule has 3 rings (SSSR count). The van der Waals surface area contributed by atoms with Gasteiger partial charge >= 0.3 is 0 Å². The third-order valence-corrected chi connectivity index (χ3v) is 4.49. The van der Waals surface area contributed by atoms with Crippen LogP contribution in [0.15, 0.2) is 30.3 Å². The van der Waals surface area contributed by atoms with Gasteiger partial charge in [0.25, 0.3) is 0 Å². The van der Waals surface area contributed by atoms with Gasteiger partial charge < -0.3 is 15.7 Å². The van der Waals surface area contributed by atoms with Gasteiger partial charge in [-0.05, 0) is 30.2 Å². The normalized spacial score (nSPS) is 25.6. The Balaban J connectivity index is 1.76. The van der Waals surface area contributed by atoms with Crippen LogP contribution in [0, 0.1) is 5.41 Å². The van der Waals surface area contributed by atoms with Gasteiger partial charge in [0, 0.05) is 6.54 Å². The van der Waals surface area contributed by atoms with Crippen molar-refractivity contribution in [1.82, 2.24) is 4.90 Å². The van der Waals surface area contributed by atoms with Crippen LogP contribution in [0.4, 0.5) is 0 Å². The number of nitrogens with two attached hydrogens (primary N) is 1. The van der Waals surface area contributed by atoms with Crippen molar-refractivity contribution >= 4 is 5.91 Å². The van der Waals surface area contributed by atoms with Crippen LogP contribution in [-0.4, -0.2) is 35.1 Å². The number of nitrogens with zero attached hydrogens (tertiary/aromatic N) is 1. The third-order valence-electron chi connectivity index (χ3n) is 4.49. The zero-order valence-corrected chi connectivity index (χ0v) is 11.0. The Kier molecular flexibility index (Phi) is 3.07. The lowest BCUT2D eigenvalue weighted by molar-refractivity contribution is -0.134. The van der Waals surface area contributed by atoms with E-state index < -0.39 is 6.04 Å². The number of carbonyl (C=O) groups is 1. The first kappa shape index (κ1) is 12.6. The van der Waals surface area contributed by atoms with Gasteiger partial charge in [-0.25, -0.2) is 0 Å². The lowest BCUT2D eigenvalue weighted by Crippen LogP contribution is -2.43. The Morgan fingerprint density at radius 3 is 2.68 bits per heavy atom. The van der Waals surface area contributed by atoms with Crippen molar-refractivity contribution in [3.8, 4) is 0 Å². The summed E-state index contributed by atoms with van der Waals surface area (Å²) in [5, 5.41) is 9.46. The van der Waals surface area contributed by atoms with Crippen molar-refractivity contribution in [3.05, 3.63) is 35.9 Å². The summed E-state index contributed by atoms with van der Waals surface area (Å²) in [6.07, 6.45) is 3.28. The first-order valence-electron chi connectivity index (χ1n) is 6.87. The molecule has 0 bridgehead atoms. The Hall–Kier alpha value is -1.39. The van der Waals surface area contributed by atoms with Crippen LogP contribution >= 0.6 is 0 Å². The van der Waals surface area contributed by atoms with E-state index >= 15 is 0 Å². The largest absolute Gasteiger partial charge is 0.394 e. The van der Waals surface area contributed by atoms with Gasteiger partial charge in [-0.2, -0.15) is 0 Å². The van der Waals surface area contributed by atoms with E-state index in [1.807, 2.05) is 30.3 Å². The molecular formula is C15H20N2O2. The minimum Gasteiger partial charge on any atom is -0.394 e. The van der Waals surface area contributed by atoms with E-state index in [9.17, 15) is 9.90 Å². The second-order valence-corrected chi connectivity index (χ2v) is 5.90. The molecule has 0 aromatic heterocycles. The van der Waals surface area contributed by atoms with E-state index in [1.54, 1.807) is 4.90 Å². The maximum atomic E-state index is 12.5. The predicted molar refractivity (Wildman–Crippen MR) is 72.2 cm³/mol. The number of rotatable bonds is 3.